The third-order valence-corrected chi connectivity index (χ3v) is 2.15. The molecule has 5 heteroatoms. The molecule has 0 saturated carbocycles. The van der Waals surface area contributed by atoms with Crippen LogP contribution in [-0.2, 0) is 0 Å². The zero-order chi connectivity index (χ0) is 10.4. The van der Waals surface area contributed by atoms with Gasteiger partial charge in [0.05, 0.1) is 17.8 Å². The van der Waals surface area contributed by atoms with Crippen LogP contribution in [0.5, 0.6) is 5.75 Å². The number of halogens is 1. The quantitative estimate of drug-likeness (QED) is 0.661. The van der Waals surface area contributed by atoms with E-state index in [0.29, 0.717) is 11.6 Å². The Kier molecular flexibility index (Phi) is 4.82. The van der Waals surface area contributed by atoms with Crippen LogP contribution in [0, 0.1) is 0 Å². The standard InChI is InChI=1S/C9H11BrN2OS/c10-7-4-8(6-12-5-7)13-3-1-2-9(11)14/h4-6H,1-3H2,(H2,11,14). The highest BCUT2D eigenvalue weighted by Gasteiger charge is 1.96. The zero-order valence-corrected chi connectivity index (χ0v) is 9.97. The molecule has 0 aliphatic carbocycles. The molecule has 0 atom stereocenters. The number of hydrogen-bond acceptors (Lipinski definition) is 3. The van der Waals surface area contributed by atoms with Crippen molar-refractivity contribution in [3.63, 3.8) is 0 Å². The highest BCUT2D eigenvalue weighted by Crippen LogP contribution is 2.15. The first-order chi connectivity index (χ1) is 6.68. The van der Waals surface area contributed by atoms with Gasteiger partial charge in [0.15, 0.2) is 0 Å². The first kappa shape index (κ1) is 11.4. The lowest BCUT2D eigenvalue weighted by molar-refractivity contribution is 0.312. The van der Waals surface area contributed by atoms with E-state index >= 15 is 0 Å². The molecular weight excluding hydrogens is 264 g/mol. The van der Waals surface area contributed by atoms with E-state index in [-0.39, 0.29) is 0 Å². The van der Waals surface area contributed by atoms with E-state index in [0.717, 1.165) is 23.1 Å². The molecule has 0 bridgehead atoms. The molecule has 14 heavy (non-hydrogen) atoms. The molecule has 0 radical (unpaired) electrons. The average molecular weight is 275 g/mol. The van der Waals surface area contributed by atoms with Gasteiger partial charge < -0.3 is 10.5 Å². The van der Waals surface area contributed by atoms with Gasteiger partial charge in [-0.05, 0) is 28.4 Å². The predicted octanol–water partition coefficient (Wildman–Crippen LogP) is 2.29. The zero-order valence-electron chi connectivity index (χ0n) is 7.57. The summed E-state index contributed by atoms with van der Waals surface area (Å²) in [7, 11) is 0. The Morgan fingerprint density at radius 1 is 1.57 bits per heavy atom. The first-order valence-electron chi connectivity index (χ1n) is 4.20. The van der Waals surface area contributed by atoms with Crippen LogP contribution in [0.15, 0.2) is 22.9 Å². The van der Waals surface area contributed by atoms with Crippen LogP contribution in [-0.4, -0.2) is 16.6 Å². The van der Waals surface area contributed by atoms with Crippen LogP contribution >= 0.6 is 28.1 Å². The Labute approximate surface area is 96.8 Å². The second-order valence-corrected chi connectivity index (χ2v) is 4.20. The first-order valence-corrected chi connectivity index (χ1v) is 5.40. The van der Waals surface area contributed by atoms with Crippen LogP contribution in [0.4, 0.5) is 0 Å². The SMILES string of the molecule is NC(=S)CCCOc1cncc(Br)c1. The van der Waals surface area contributed by atoms with Crippen LogP contribution < -0.4 is 10.5 Å². The van der Waals surface area contributed by atoms with Gasteiger partial charge >= 0.3 is 0 Å². The van der Waals surface area contributed by atoms with Crippen molar-refractivity contribution < 1.29 is 4.74 Å². The molecule has 3 nitrogen and oxygen atoms in total. The van der Waals surface area contributed by atoms with Crippen molar-refractivity contribution in [1.29, 1.82) is 0 Å². The molecule has 0 amide bonds. The minimum absolute atomic E-state index is 0.529. The normalized spacial score (nSPS) is 9.79. The smallest absolute Gasteiger partial charge is 0.138 e. The number of ether oxygens (including phenoxy) is 1. The Bertz CT molecular complexity index is 319. The predicted molar refractivity (Wildman–Crippen MR) is 63.5 cm³/mol. The topological polar surface area (TPSA) is 48.1 Å². The fourth-order valence-corrected chi connectivity index (χ4v) is 1.40. The molecular formula is C9H11BrN2OS. The van der Waals surface area contributed by atoms with Gasteiger partial charge in [-0.2, -0.15) is 0 Å². The summed E-state index contributed by atoms with van der Waals surface area (Å²) in [6, 6.07) is 1.87. The lowest BCUT2D eigenvalue weighted by Crippen LogP contribution is -2.09. The number of rotatable bonds is 5. The van der Waals surface area contributed by atoms with Crippen LogP contribution in [0.1, 0.15) is 12.8 Å². The summed E-state index contributed by atoms with van der Waals surface area (Å²) < 4.78 is 6.34. The lowest BCUT2D eigenvalue weighted by atomic mass is 10.3. The van der Waals surface area contributed by atoms with E-state index in [1.165, 1.54) is 0 Å². The Balaban J connectivity index is 2.28. The van der Waals surface area contributed by atoms with E-state index in [4.69, 9.17) is 22.7 Å². The van der Waals surface area contributed by atoms with Gasteiger partial charge in [0.1, 0.15) is 5.75 Å². The summed E-state index contributed by atoms with van der Waals surface area (Å²) in [5.41, 5.74) is 5.35. The summed E-state index contributed by atoms with van der Waals surface area (Å²) in [5, 5.41) is 0. The van der Waals surface area contributed by atoms with Crippen LogP contribution in [0.2, 0.25) is 0 Å². The van der Waals surface area contributed by atoms with Crippen LogP contribution in [0.25, 0.3) is 0 Å². The van der Waals surface area contributed by atoms with Gasteiger partial charge in [-0.25, -0.2) is 0 Å². The summed E-state index contributed by atoms with van der Waals surface area (Å²) >= 11 is 8.06. The van der Waals surface area contributed by atoms with Crippen molar-refractivity contribution in [1.82, 2.24) is 4.98 Å². The molecule has 1 rings (SSSR count). The van der Waals surface area contributed by atoms with E-state index in [2.05, 4.69) is 20.9 Å². The van der Waals surface area contributed by atoms with Crippen molar-refractivity contribution in [2.24, 2.45) is 5.73 Å². The average Bonchev–Trinajstić information content (AvgIpc) is 2.12. The van der Waals surface area contributed by atoms with E-state index in [9.17, 15) is 0 Å². The minimum Gasteiger partial charge on any atom is -0.492 e. The molecule has 0 fully saturated rings. The number of hydrogen-bond donors (Lipinski definition) is 1. The van der Waals surface area contributed by atoms with Gasteiger partial charge in [0.25, 0.3) is 0 Å². The minimum atomic E-state index is 0.529. The highest BCUT2D eigenvalue weighted by atomic mass is 79.9. The third kappa shape index (κ3) is 4.53. The second kappa shape index (κ2) is 5.93. The summed E-state index contributed by atoms with van der Waals surface area (Å²) in [5.74, 6) is 0.752. The lowest BCUT2D eigenvalue weighted by Gasteiger charge is -2.04. The number of nitrogens with zero attached hydrogens (tertiary/aromatic N) is 1. The summed E-state index contributed by atoms with van der Waals surface area (Å²) in [6.45, 7) is 0.607. The number of aromatic nitrogens is 1. The van der Waals surface area contributed by atoms with Gasteiger partial charge in [-0.3, -0.25) is 4.98 Å². The molecule has 0 aliphatic rings. The fourth-order valence-electron chi connectivity index (χ4n) is 0.908. The summed E-state index contributed by atoms with van der Waals surface area (Å²) in [4.78, 5) is 4.50. The monoisotopic (exact) mass is 274 g/mol. The van der Waals surface area contributed by atoms with Crippen molar-refractivity contribution in [2.75, 3.05) is 6.61 Å². The molecule has 1 heterocycles. The molecule has 76 valence electrons. The molecule has 2 N–H and O–H groups in total. The van der Waals surface area contributed by atoms with Crippen molar-refractivity contribution in [3.8, 4) is 5.75 Å². The Morgan fingerprint density at radius 2 is 2.36 bits per heavy atom. The molecule has 0 spiro atoms. The molecule has 1 aromatic rings. The molecule has 0 aromatic carbocycles. The van der Waals surface area contributed by atoms with Crippen molar-refractivity contribution in [3.05, 3.63) is 22.9 Å². The Morgan fingerprint density at radius 3 is 3.00 bits per heavy atom. The maximum atomic E-state index is 5.43. The van der Waals surface area contributed by atoms with Crippen molar-refractivity contribution in [2.45, 2.75) is 12.8 Å². The highest BCUT2D eigenvalue weighted by molar-refractivity contribution is 9.10. The van der Waals surface area contributed by atoms with Gasteiger partial charge in [-0.15, -0.1) is 0 Å². The second-order valence-electron chi connectivity index (χ2n) is 2.76. The Hall–Kier alpha value is -0.680. The molecule has 1 aromatic heterocycles. The van der Waals surface area contributed by atoms with Gasteiger partial charge in [0, 0.05) is 17.1 Å². The van der Waals surface area contributed by atoms with Crippen LogP contribution in [0.3, 0.4) is 0 Å². The van der Waals surface area contributed by atoms with Gasteiger partial charge in [0.2, 0.25) is 0 Å². The van der Waals surface area contributed by atoms with Crippen molar-refractivity contribution >= 4 is 33.1 Å². The third-order valence-electron chi connectivity index (χ3n) is 1.52. The number of nitrogens with two attached hydrogens (primary N) is 1. The van der Waals surface area contributed by atoms with E-state index < -0.39 is 0 Å². The fraction of sp³-hybridized carbons (Fsp3) is 0.333. The van der Waals surface area contributed by atoms with E-state index in [1.54, 1.807) is 12.4 Å². The number of pyridine rings is 1. The molecule has 0 saturated heterocycles. The molecule has 0 unspecified atom stereocenters. The summed E-state index contributed by atoms with van der Waals surface area (Å²) in [6.07, 6.45) is 4.94. The number of thiocarbonyl (C=S) groups is 1. The molecule has 0 aliphatic heterocycles. The van der Waals surface area contributed by atoms with E-state index in [1.807, 2.05) is 6.07 Å². The maximum Gasteiger partial charge on any atom is 0.138 e. The largest absolute Gasteiger partial charge is 0.492 e. The van der Waals surface area contributed by atoms with Gasteiger partial charge in [-0.1, -0.05) is 12.2 Å². The maximum absolute atomic E-state index is 5.43.